The number of carbonyl (C=O) groups is 1. The second-order valence-electron chi connectivity index (χ2n) is 4.62. The van der Waals surface area contributed by atoms with E-state index in [-0.39, 0.29) is 17.3 Å². The van der Waals surface area contributed by atoms with Gasteiger partial charge in [-0.05, 0) is 35.4 Å². The van der Waals surface area contributed by atoms with Gasteiger partial charge in [0.05, 0.1) is 10.5 Å². The Kier molecular flexibility index (Phi) is 4.24. The van der Waals surface area contributed by atoms with Crippen LogP contribution in [0.25, 0.3) is 0 Å². The lowest BCUT2D eigenvalue weighted by Gasteiger charge is -2.20. The molecule has 1 amide bonds. The van der Waals surface area contributed by atoms with Crippen LogP contribution < -0.4 is 10.1 Å². The van der Waals surface area contributed by atoms with Crippen molar-refractivity contribution in [2.75, 3.05) is 11.9 Å². The van der Waals surface area contributed by atoms with E-state index in [2.05, 4.69) is 37.2 Å². The maximum atomic E-state index is 11.4. The molecule has 0 bridgehead atoms. The largest absolute Gasteiger partial charge is 0.482 e. The first-order chi connectivity index (χ1) is 10.0. The van der Waals surface area contributed by atoms with Gasteiger partial charge in [-0.25, -0.2) is 0 Å². The molecule has 0 saturated heterocycles. The number of amides is 1. The average Bonchev–Trinajstić information content (AvgIpc) is 2.46. The number of rotatable bonds is 2. The predicted octanol–water partition coefficient (Wildman–Crippen LogP) is 4.92. The van der Waals surface area contributed by atoms with E-state index >= 15 is 0 Å². The number of hydrogen-bond donors (Lipinski definition) is 1. The van der Waals surface area contributed by atoms with Crippen molar-refractivity contribution in [3.63, 3.8) is 0 Å². The minimum atomic E-state index is -0.140. The number of halogens is 3. The lowest BCUT2D eigenvalue weighted by molar-refractivity contribution is -0.118. The maximum Gasteiger partial charge on any atom is 0.262 e. The number of carbonyl (C=O) groups excluding carboxylic acids is 1. The van der Waals surface area contributed by atoms with Gasteiger partial charge in [-0.2, -0.15) is 0 Å². The third-order valence-electron chi connectivity index (χ3n) is 3.16. The fraction of sp³-hybridized carbons (Fsp3) is 0.133. The Morgan fingerprint density at radius 3 is 2.81 bits per heavy atom. The van der Waals surface area contributed by atoms with Crippen LogP contribution in [0.15, 0.2) is 40.9 Å². The number of anilines is 1. The summed E-state index contributed by atoms with van der Waals surface area (Å²) < 4.78 is 6.29. The van der Waals surface area contributed by atoms with Gasteiger partial charge in [-0.15, -0.1) is 0 Å². The van der Waals surface area contributed by atoms with Crippen molar-refractivity contribution < 1.29 is 9.53 Å². The lowest BCUT2D eigenvalue weighted by atomic mass is 10.0. The molecule has 108 valence electrons. The van der Waals surface area contributed by atoms with E-state index in [4.69, 9.17) is 16.3 Å². The quantitative estimate of drug-likeness (QED) is 0.686. The zero-order valence-electron chi connectivity index (χ0n) is 10.7. The molecule has 3 rings (SSSR count). The normalized spacial score (nSPS) is 14.9. The highest BCUT2D eigenvalue weighted by molar-refractivity contribution is 9.11. The summed E-state index contributed by atoms with van der Waals surface area (Å²) >= 11 is 13.2. The van der Waals surface area contributed by atoms with Gasteiger partial charge in [-0.1, -0.05) is 55.6 Å². The number of hydrogen-bond acceptors (Lipinski definition) is 2. The lowest BCUT2D eigenvalue weighted by Crippen LogP contribution is -2.25. The van der Waals surface area contributed by atoms with Gasteiger partial charge in [0.2, 0.25) is 0 Å². The summed E-state index contributed by atoms with van der Waals surface area (Å²) in [6.07, 6.45) is 0. The summed E-state index contributed by atoms with van der Waals surface area (Å²) in [7, 11) is 0. The molecule has 0 spiro atoms. The van der Waals surface area contributed by atoms with E-state index in [0.29, 0.717) is 16.5 Å². The number of nitrogens with one attached hydrogen (secondary N) is 1. The van der Waals surface area contributed by atoms with Gasteiger partial charge in [-0.3, -0.25) is 4.79 Å². The van der Waals surface area contributed by atoms with Crippen molar-refractivity contribution in [2.45, 2.75) is 4.83 Å². The SMILES string of the molecule is O=C1COc2ccc(C(Br)c3ccc(Cl)cc3Br)cc2N1. The number of alkyl halides is 1. The van der Waals surface area contributed by atoms with Crippen LogP contribution in [-0.2, 0) is 4.79 Å². The molecule has 3 nitrogen and oxygen atoms in total. The molecule has 1 unspecified atom stereocenters. The van der Waals surface area contributed by atoms with E-state index in [1.165, 1.54) is 0 Å². The topological polar surface area (TPSA) is 38.3 Å². The molecular formula is C15H10Br2ClNO2. The molecule has 0 saturated carbocycles. The van der Waals surface area contributed by atoms with Crippen LogP contribution in [-0.4, -0.2) is 12.5 Å². The summed E-state index contributed by atoms with van der Waals surface area (Å²) in [5, 5.41) is 3.49. The van der Waals surface area contributed by atoms with Crippen molar-refractivity contribution in [1.82, 2.24) is 0 Å². The molecule has 2 aromatic carbocycles. The molecule has 1 atom stereocenters. The van der Waals surface area contributed by atoms with Gasteiger partial charge >= 0.3 is 0 Å². The van der Waals surface area contributed by atoms with Gasteiger partial charge in [0.25, 0.3) is 5.91 Å². The first kappa shape index (κ1) is 14.9. The Bertz CT molecular complexity index is 721. The molecule has 21 heavy (non-hydrogen) atoms. The van der Waals surface area contributed by atoms with Gasteiger partial charge in [0.1, 0.15) is 5.75 Å². The van der Waals surface area contributed by atoms with E-state index in [1.807, 2.05) is 36.4 Å². The van der Waals surface area contributed by atoms with Crippen LogP contribution in [0.2, 0.25) is 5.02 Å². The van der Waals surface area contributed by atoms with Crippen molar-refractivity contribution in [3.05, 3.63) is 57.0 Å². The highest BCUT2D eigenvalue weighted by Crippen LogP contribution is 2.39. The zero-order chi connectivity index (χ0) is 15.0. The molecule has 1 aliphatic heterocycles. The number of benzene rings is 2. The molecule has 0 aromatic heterocycles. The minimum absolute atomic E-state index is 0.0201. The molecular weight excluding hydrogens is 421 g/mol. The fourth-order valence-corrected chi connectivity index (χ4v) is 4.05. The Labute approximate surface area is 143 Å². The average molecular weight is 432 g/mol. The molecule has 1 heterocycles. The molecule has 0 radical (unpaired) electrons. The molecule has 0 fully saturated rings. The molecule has 0 aliphatic carbocycles. The maximum absolute atomic E-state index is 11.4. The first-order valence-corrected chi connectivity index (χ1v) is 8.29. The van der Waals surface area contributed by atoms with Crippen molar-refractivity contribution >= 4 is 55.1 Å². The number of fused-ring (bicyclic) bond motifs is 1. The van der Waals surface area contributed by atoms with E-state index in [9.17, 15) is 4.79 Å². The van der Waals surface area contributed by atoms with Crippen LogP contribution in [0, 0.1) is 0 Å². The van der Waals surface area contributed by atoms with E-state index in [0.717, 1.165) is 15.6 Å². The van der Waals surface area contributed by atoms with Crippen LogP contribution >= 0.6 is 43.5 Å². The molecule has 1 N–H and O–H groups in total. The summed E-state index contributed by atoms with van der Waals surface area (Å²) in [4.78, 5) is 11.4. The van der Waals surface area contributed by atoms with Crippen molar-refractivity contribution in [2.24, 2.45) is 0 Å². The standard InChI is InChI=1S/C15H10Br2ClNO2/c16-11-6-9(18)2-3-10(11)15(17)8-1-4-13-12(5-8)19-14(20)7-21-13/h1-6,15H,7H2,(H,19,20). The second-order valence-corrected chi connectivity index (χ2v) is 6.83. The van der Waals surface area contributed by atoms with Gasteiger partial charge in [0, 0.05) is 9.50 Å². The van der Waals surface area contributed by atoms with Crippen molar-refractivity contribution in [3.8, 4) is 5.75 Å². The Morgan fingerprint density at radius 1 is 1.24 bits per heavy atom. The fourth-order valence-electron chi connectivity index (χ4n) is 2.14. The Balaban J connectivity index is 1.96. The highest BCUT2D eigenvalue weighted by Gasteiger charge is 2.19. The van der Waals surface area contributed by atoms with Crippen LogP contribution in [0.3, 0.4) is 0 Å². The third kappa shape index (κ3) is 3.10. The number of ether oxygens (including phenoxy) is 1. The summed E-state index contributed by atoms with van der Waals surface area (Å²) in [5.74, 6) is 0.548. The Hall–Kier alpha value is -1.04. The zero-order valence-corrected chi connectivity index (χ0v) is 14.6. The Morgan fingerprint density at radius 2 is 2.05 bits per heavy atom. The second kappa shape index (κ2) is 5.99. The first-order valence-electron chi connectivity index (χ1n) is 6.20. The summed E-state index contributed by atoms with van der Waals surface area (Å²) in [6, 6.07) is 11.4. The minimum Gasteiger partial charge on any atom is -0.482 e. The van der Waals surface area contributed by atoms with Gasteiger partial charge < -0.3 is 10.1 Å². The van der Waals surface area contributed by atoms with Crippen LogP contribution in [0.4, 0.5) is 5.69 Å². The molecule has 6 heteroatoms. The molecule has 1 aliphatic rings. The smallest absolute Gasteiger partial charge is 0.262 e. The van der Waals surface area contributed by atoms with E-state index in [1.54, 1.807) is 0 Å². The summed E-state index contributed by atoms with van der Waals surface area (Å²) in [6.45, 7) is 0.0623. The van der Waals surface area contributed by atoms with Gasteiger partial charge in [0.15, 0.2) is 6.61 Å². The highest BCUT2D eigenvalue weighted by atomic mass is 79.9. The van der Waals surface area contributed by atoms with Crippen LogP contribution in [0.5, 0.6) is 5.75 Å². The predicted molar refractivity (Wildman–Crippen MR) is 90.5 cm³/mol. The summed E-state index contributed by atoms with van der Waals surface area (Å²) in [5.41, 5.74) is 2.77. The third-order valence-corrected chi connectivity index (χ3v) is 5.11. The van der Waals surface area contributed by atoms with Crippen molar-refractivity contribution in [1.29, 1.82) is 0 Å². The monoisotopic (exact) mass is 429 g/mol. The molecule has 2 aromatic rings. The van der Waals surface area contributed by atoms with Crippen LogP contribution in [0.1, 0.15) is 16.0 Å². The van der Waals surface area contributed by atoms with E-state index < -0.39 is 0 Å².